The summed E-state index contributed by atoms with van der Waals surface area (Å²) in [6.07, 6.45) is 1.72. The van der Waals surface area contributed by atoms with E-state index in [4.69, 9.17) is 16.3 Å². The van der Waals surface area contributed by atoms with E-state index in [0.29, 0.717) is 12.6 Å². The van der Waals surface area contributed by atoms with Crippen molar-refractivity contribution in [2.75, 3.05) is 19.7 Å². The largest absolute Gasteiger partial charge is 0.450 e. The van der Waals surface area contributed by atoms with Crippen LogP contribution in [0.5, 0.6) is 0 Å². The van der Waals surface area contributed by atoms with Gasteiger partial charge >= 0.3 is 6.09 Å². The molecule has 1 fully saturated rings. The van der Waals surface area contributed by atoms with Gasteiger partial charge in [0.1, 0.15) is 0 Å². The molecule has 5 heteroatoms. The summed E-state index contributed by atoms with van der Waals surface area (Å²) < 4.78 is 5.02. The van der Waals surface area contributed by atoms with Crippen molar-refractivity contribution in [3.63, 3.8) is 0 Å². The number of benzene rings is 1. The van der Waals surface area contributed by atoms with Crippen LogP contribution in [-0.2, 0) is 11.3 Å². The van der Waals surface area contributed by atoms with E-state index in [1.807, 2.05) is 26.0 Å². The first-order valence-corrected chi connectivity index (χ1v) is 7.88. The molecular weight excluding hydrogens is 288 g/mol. The van der Waals surface area contributed by atoms with Gasteiger partial charge in [-0.05, 0) is 43.9 Å². The molecular formula is C16H23ClN2O2. The lowest BCUT2D eigenvalue weighted by atomic mass is 10.0. The zero-order chi connectivity index (χ0) is 15.2. The number of amides is 1. The third-order valence-corrected chi connectivity index (χ3v) is 4.26. The number of rotatable bonds is 4. The maximum absolute atomic E-state index is 11.6. The molecule has 1 aliphatic rings. The van der Waals surface area contributed by atoms with Gasteiger partial charge in [-0.15, -0.1) is 0 Å². The fraction of sp³-hybridized carbons (Fsp3) is 0.562. The molecule has 0 aromatic heterocycles. The number of nitrogens with zero attached hydrogens (tertiary/aromatic N) is 1. The summed E-state index contributed by atoms with van der Waals surface area (Å²) in [6, 6.07) is 6.60. The van der Waals surface area contributed by atoms with Crippen LogP contribution < -0.4 is 5.32 Å². The highest BCUT2D eigenvalue weighted by molar-refractivity contribution is 6.31. The molecule has 0 atom stereocenters. The van der Waals surface area contributed by atoms with Crippen LogP contribution in [0.4, 0.5) is 4.79 Å². The van der Waals surface area contributed by atoms with E-state index in [0.717, 1.165) is 43.1 Å². The Labute approximate surface area is 131 Å². The van der Waals surface area contributed by atoms with Crippen LogP contribution in [0.15, 0.2) is 18.2 Å². The molecule has 1 heterocycles. The van der Waals surface area contributed by atoms with Gasteiger partial charge in [-0.3, -0.25) is 0 Å². The molecule has 1 aromatic carbocycles. The topological polar surface area (TPSA) is 41.6 Å². The van der Waals surface area contributed by atoms with Gasteiger partial charge in [-0.1, -0.05) is 23.7 Å². The fourth-order valence-electron chi connectivity index (χ4n) is 2.49. The van der Waals surface area contributed by atoms with E-state index in [9.17, 15) is 4.79 Å². The number of carbonyl (C=O) groups excluding carboxylic acids is 1. The molecule has 1 N–H and O–H groups in total. The van der Waals surface area contributed by atoms with Crippen molar-refractivity contribution in [2.45, 2.75) is 39.3 Å². The molecule has 4 nitrogen and oxygen atoms in total. The Morgan fingerprint density at radius 3 is 2.76 bits per heavy atom. The number of ether oxygens (including phenoxy) is 1. The second-order valence-electron chi connectivity index (χ2n) is 5.42. The SMILES string of the molecule is CCOC(=O)N1CCC(NCc2ccc(C)c(Cl)c2)CC1. The lowest BCUT2D eigenvalue weighted by Crippen LogP contribution is -2.44. The Bertz CT molecular complexity index is 485. The molecule has 1 aliphatic heterocycles. The summed E-state index contributed by atoms with van der Waals surface area (Å²) in [5.74, 6) is 0. The van der Waals surface area contributed by atoms with Crippen molar-refractivity contribution in [2.24, 2.45) is 0 Å². The summed E-state index contributed by atoms with van der Waals surface area (Å²) in [4.78, 5) is 13.4. The summed E-state index contributed by atoms with van der Waals surface area (Å²) in [5.41, 5.74) is 2.29. The average molecular weight is 311 g/mol. The van der Waals surface area contributed by atoms with Crippen LogP contribution in [0.3, 0.4) is 0 Å². The summed E-state index contributed by atoms with van der Waals surface area (Å²) in [7, 11) is 0. The molecule has 116 valence electrons. The van der Waals surface area contributed by atoms with Crippen LogP contribution in [0.2, 0.25) is 5.02 Å². The lowest BCUT2D eigenvalue weighted by molar-refractivity contribution is 0.0950. The van der Waals surface area contributed by atoms with Crippen molar-refractivity contribution in [1.82, 2.24) is 10.2 Å². The van der Waals surface area contributed by atoms with Crippen molar-refractivity contribution in [3.8, 4) is 0 Å². The number of hydrogen-bond donors (Lipinski definition) is 1. The van der Waals surface area contributed by atoms with Gasteiger partial charge < -0.3 is 15.0 Å². The number of piperidine rings is 1. The third kappa shape index (κ3) is 4.61. The lowest BCUT2D eigenvalue weighted by Gasteiger charge is -2.31. The zero-order valence-corrected chi connectivity index (χ0v) is 13.4. The van der Waals surface area contributed by atoms with Gasteiger partial charge in [0.15, 0.2) is 0 Å². The number of hydrogen-bond acceptors (Lipinski definition) is 3. The Morgan fingerprint density at radius 2 is 2.14 bits per heavy atom. The third-order valence-electron chi connectivity index (χ3n) is 3.85. The van der Waals surface area contributed by atoms with Gasteiger partial charge in [0.2, 0.25) is 0 Å². The van der Waals surface area contributed by atoms with Crippen molar-refractivity contribution in [1.29, 1.82) is 0 Å². The smallest absolute Gasteiger partial charge is 0.409 e. The van der Waals surface area contributed by atoms with Crippen LogP contribution in [0, 0.1) is 6.92 Å². The summed E-state index contributed by atoms with van der Waals surface area (Å²) in [6.45, 7) is 6.59. The Kier molecular flexibility index (Phi) is 5.88. The molecule has 0 saturated carbocycles. The predicted octanol–water partition coefficient (Wildman–Crippen LogP) is 3.36. The highest BCUT2D eigenvalue weighted by atomic mass is 35.5. The molecule has 2 rings (SSSR count). The van der Waals surface area contributed by atoms with E-state index in [-0.39, 0.29) is 6.09 Å². The zero-order valence-electron chi connectivity index (χ0n) is 12.7. The van der Waals surface area contributed by atoms with E-state index in [2.05, 4.69) is 11.4 Å². The molecule has 0 spiro atoms. The number of carbonyl (C=O) groups is 1. The molecule has 1 amide bonds. The maximum Gasteiger partial charge on any atom is 0.409 e. The van der Waals surface area contributed by atoms with Gasteiger partial charge in [-0.2, -0.15) is 0 Å². The quantitative estimate of drug-likeness (QED) is 0.927. The van der Waals surface area contributed by atoms with Gasteiger partial charge in [-0.25, -0.2) is 4.79 Å². The minimum atomic E-state index is -0.193. The highest BCUT2D eigenvalue weighted by Gasteiger charge is 2.23. The molecule has 1 saturated heterocycles. The van der Waals surface area contributed by atoms with Gasteiger partial charge in [0, 0.05) is 30.7 Å². The molecule has 0 unspecified atom stereocenters. The van der Waals surface area contributed by atoms with Crippen LogP contribution in [0.25, 0.3) is 0 Å². The molecule has 21 heavy (non-hydrogen) atoms. The van der Waals surface area contributed by atoms with Crippen molar-refractivity contribution < 1.29 is 9.53 Å². The summed E-state index contributed by atoms with van der Waals surface area (Å²) in [5, 5.41) is 4.35. The molecule has 0 bridgehead atoms. The van der Waals surface area contributed by atoms with Crippen LogP contribution >= 0.6 is 11.6 Å². The molecule has 1 aromatic rings. The van der Waals surface area contributed by atoms with E-state index >= 15 is 0 Å². The number of nitrogens with one attached hydrogen (secondary N) is 1. The normalized spacial score (nSPS) is 16.0. The standard InChI is InChI=1S/C16H23ClN2O2/c1-3-21-16(20)19-8-6-14(7-9-19)18-11-13-5-4-12(2)15(17)10-13/h4-5,10,14,18H,3,6-9,11H2,1-2H3. The minimum Gasteiger partial charge on any atom is -0.450 e. The van der Waals surface area contributed by atoms with E-state index in [1.54, 1.807) is 4.90 Å². The molecule has 0 radical (unpaired) electrons. The fourth-order valence-corrected chi connectivity index (χ4v) is 2.69. The first-order chi connectivity index (χ1) is 10.1. The predicted molar refractivity (Wildman–Crippen MR) is 84.6 cm³/mol. The highest BCUT2D eigenvalue weighted by Crippen LogP contribution is 2.17. The Hall–Kier alpha value is -1.26. The van der Waals surface area contributed by atoms with Crippen LogP contribution in [0.1, 0.15) is 30.9 Å². The van der Waals surface area contributed by atoms with E-state index < -0.39 is 0 Å². The minimum absolute atomic E-state index is 0.193. The van der Waals surface area contributed by atoms with Crippen molar-refractivity contribution in [3.05, 3.63) is 34.3 Å². The maximum atomic E-state index is 11.6. The van der Waals surface area contributed by atoms with Gasteiger partial charge in [0.25, 0.3) is 0 Å². The van der Waals surface area contributed by atoms with Crippen LogP contribution in [-0.4, -0.2) is 36.7 Å². The Morgan fingerprint density at radius 1 is 1.43 bits per heavy atom. The number of halogens is 1. The first-order valence-electron chi connectivity index (χ1n) is 7.50. The van der Waals surface area contributed by atoms with Crippen molar-refractivity contribution >= 4 is 17.7 Å². The number of likely N-dealkylation sites (tertiary alicyclic amines) is 1. The second kappa shape index (κ2) is 7.66. The number of aryl methyl sites for hydroxylation is 1. The first kappa shape index (κ1) is 16.1. The average Bonchev–Trinajstić information content (AvgIpc) is 2.49. The Balaban J connectivity index is 1.76. The monoisotopic (exact) mass is 310 g/mol. The van der Waals surface area contributed by atoms with E-state index in [1.165, 1.54) is 5.56 Å². The second-order valence-corrected chi connectivity index (χ2v) is 5.83. The summed E-state index contributed by atoms with van der Waals surface area (Å²) >= 11 is 6.13. The molecule has 0 aliphatic carbocycles. The van der Waals surface area contributed by atoms with Gasteiger partial charge in [0.05, 0.1) is 6.61 Å².